The molecule has 0 aliphatic rings. The lowest BCUT2D eigenvalue weighted by molar-refractivity contribution is 0.0605. The predicted octanol–water partition coefficient (Wildman–Crippen LogP) is 2.28. The van der Waals surface area contributed by atoms with Gasteiger partial charge in [-0.1, -0.05) is 6.92 Å². The number of esters is 1. The zero-order valence-corrected chi connectivity index (χ0v) is 13.4. The number of anilines is 1. The number of aromatic nitrogens is 2. The SMILES string of the molecule is CCC(CO)Nc1nc(C)nc2sc(C(=O)OC)c(C)c12. The number of carbonyl (C=O) groups is 1. The predicted molar refractivity (Wildman–Crippen MR) is 83.0 cm³/mol. The van der Waals surface area contributed by atoms with Crippen LogP contribution in [0.2, 0.25) is 0 Å². The molecule has 2 heterocycles. The highest BCUT2D eigenvalue weighted by molar-refractivity contribution is 7.20. The number of hydrogen-bond acceptors (Lipinski definition) is 7. The van der Waals surface area contributed by atoms with E-state index in [0.717, 1.165) is 22.2 Å². The molecule has 0 aromatic carbocycles. The zero-order chi connectivity index (χ0) is 15.6. The third-order valence-corrected chi connectivity index (χ3v) is 4.49. The number of thiophene rings is 1. The summed E-state index contributed by atoms with van der Waals surface area (Å²) in [5.74, 6) is 0.908. The summed E-state index contributed by atoms with van der Waals surface area (Å²) in [6, 6.07) is -0.0802. The van der Waals surface area contributed by atoms with E-state index in [1.54, 1.807) is 6.92 Å². The summed E-state index contributed by atoms with van der Waals surface area (Å²) >= 11 is 1.30. The van der Waals surface area contributed by atoms with E-state index in [4.69, 9.17) is 4.74 Å². The van der Waals surface area contributed by atoms with Gasteiger partial charge in [0.25, 0.3) is 0 Å². The Kier molecular flexibility index (Phi) is 4.74. The van der Waals surface area contributed by atoms with Crippen LogP contribution in [0.1, 0.15) is 34.4 Å². The van der Waals surface area contributed by atoms with Crippen molar-refractivity contribution in [1.29, 1.82) is 0 Å². The highest BCUT2D eigenvalue weighted by atomic mass is 32.1. The van der Waals surface area contributed by atoms with E-state index in [9.17, 15) is 9.90 Å². The fourth-order valence-corrected chi connectivity index (χ4v) is 3.25. The van der Waals surface area contributed by atoms with Crippen molar-refractivity contribution in [3.05, 3.63) is 16.3 Å². The minimum absolute atomic E-state index is 0.0219. The second-order valence-electron chi connectivity index (χ2n) is 4.78. The van der Waals surface area contributed by atoms with Gasteiger partial charge in [0.2, 0.25) is 0 Å². The summed E-state index contributed by atoms with van der Waals surface area (Å²) in [5.41, 5.74) is 0.803. The Morgan fingerprint density at radius 3 is 2.71 bits per heavy atom. The minimum atomic E-state index is -0.367. The molecule has 0 aliphatic carbocycles. The molecule has 2 N–H and O–H groups in total. The molecule has 1 unspecified atom stereocenters. The van der Waals surface area contributed by atoms with Crippen molar-refractivity contribution in [3.63, 3.8) is 0 Å². The van der Waals surface area contributed by atoms with Crippen molar-refractivity contribution in [2.75, 3.05) is 19.0 Å². The van der Waals surface area contributed by atoms with Gasteiger partial charge in [0, 0.05) is 0 Å². The van der Waals surface area contributed by atoms with Gasteiger partial charge in [0.05, 0.1) is 25.1 Å². The highest BCUT2D eigenvalue weighted by Crippen LogP contribution is 2.34. The van der Waals surface area contributed by atoms with Crippen molar-refractivity contribution in [2.24, 2.45) is 0 Å². The lowest BCUT2D eigenvalue weighted by atomic mass is 10.2. The lowest BCUT2D eigenvalue weighted by Crippen LogP contribution is -2.23. The van der Waals surface area contributed by atoms with E-state index in [-0.39, 0.29) is 18.6 Å². The molecule has 0 saturated heterocycles. The number of nitrogens with zero attached hydrogens (tertiary/aromatic N) is 2. The monoisotopic (exact) mass is 309 g/mol. The van der Waals surface area contributed by atoms with Crippen LogP contribution < -0.4 is 5.32 Å². The number of aliphatic hydroxyl groups excluding tert-OH is 1. The minimum Gasteiger partial charge on any atom is -0.465 e. The Balaban J connectivity index is 2.59. The first kappa shape index (κ1) is 15.7. The smallest absolute Gasteiger partial charge is 0.348 e. The van der Waals surface area contributed by atoms with Gasteiger partial charge in [0.15, 0.2) is 0 Å². The van der Waals surface area contributed by atoms with Crippen molar-refractivity contribution >= 4 is 33.3 Å². The normalized spacial score (nSPS) is 12.4. The number of rotatable bonds is 5. The zero-order valence-electron chi connectivity index (χ0n) is 12.6. The number of carbonyl (C=O) groups excluding carboxylic acids is 1. The molecular formula is C14H19N3O3S. The molecule has 0 bridgehead atoms. The Bertz CT molecular complexity index is 665. The van der Waals surface area contributed by atoms with E-state index >= 15 is 0 Å². The first-order chi connectivity index (χ1) is 10.0. The number of aliphatic hydroxyl groups is 1. The van der Waals surface area contributed by atoms with E-state index in [2.05, 4.69) is 15.3 Å². The molecule has 21 heavy (non-hydrogen) atoms. The fraction of sp³-hybridized carbons (Fsp3) is 0.500. The molecule has 0 spiro atoms. The number of nitrogens with one attached hydrogen (secondary N) is 1. The van der Waals surface area contributed by atoms with Crippen molar-refractivity contribution in [1.82, 2.24) is 9.97 Å². The summed E-state index contributed by atoms with van der Waals surface area (Å²) in [7, 11) is 1.36. The topological polar surface area (TPSA) is 84.3 Å². The van der Waals surface area contributed by atoms with Gasteiger partial charge in [0.1, 0.15) is 21.3 Å². The van der Waals surface area contributed by atoms with Crippen LogP contribution >= 0.6 is 11.3 Å². The third kappa shape index (κ3) is 2.98. The molecule has 2 rings (SSSR count). The van der Waals surface area contributed by atoms with Gasteiger partial charge in [-0.25, -0.2) is 14.8 Å². The molecule has 2 aromatic rings. The Labute approximate surface area is 127 Å². The number of fused-ring (bicyclic) bond motifs is 1. The summed E-state index contributed by atoms with van der Waals surface area (Å²) < 4.78 is 4.80. The number of hydrogen-bond donors (Lipinski definition) is 2. The maximum atomic E-state index is 11.8. The molecule has 0 amide bonds. The van der Waals surface area contributed by atoms with Crippen LogP contribution in [0.15, 0.2) is 0 Å². The first-order valence-corrected chi connectivity index (χ1v) is 7.56. The molecule has 7 heteroatoms. The van der Waals surface area contributed by atoms with Crippen LogP contribution in [0, 0.1) is 13.8 Å². The second kappa shape index (κ2) is 6.36. The molecule has 114 valence electrons. The van der Waals surface area contributed by atoms with Gasteiger partial charge >= 0.3 is 5.97 Å². The van der Waals surface area contributed by atoms with Gasteiger partial charge in [-0.05, 0) is 25.8 Å². The molecule has 0 aliphatic heterocycles. The van der Waals surface area contributed by atoms with Crippen LogP contribution in [-0.2, 0) is 4.74 Å². The Hall–Kier alpha value is -1.73. The van der Waals surface area contributed by atoms with Crippen LogP contribution in [0.25, 0.3) is 10.2 Å². The molecular weight excluding hydrogens is 290 g/mol. The average Bonchev–Trinajstić information content (AvgIpc) is 2.80. The highest BCUT2D eigenvalue weighted by Gasteiger charge is 2.21. The summed E-state index contributed by atoms with van der Waals surface area (Å²) in [4.78, 5) is 21.9. The van der Waals surface area contributed by atoms with Crippen LogP contribution in [-0.4, -0.2) is 40.8 Å². The van der Waals surface area contributed by atoms with E-state index < -0.39 is 0 Å². The van der Waals surface area contributed by atoms with Gasteiger partial charge < -0.3 is 15.2 Å². The van der Waals surface area contributed by atoms with Crippen LogP contribution in [0.3, 0.4) is 0 Å². The van der Waals surface area contributed by atoms with Gasteiger partial charge in [-0.15, -0.1) is 11.3 Å². The van der Waals surface area contributed by atoms with E-state index in [0.29, 0.717) is 16.5 Å². The number of methoxy groups -OCH3 is 1. The summed E-state index contributed by atoms with van der Waals surface area (Å²) in [5, 5.41) is 13.4. The maximum Gasteiger partial charge on any atom is 0.348 e. The Morgan fingerprint density at radius 2 is 2.14 bits per heavy atom. The quantitative estimate of drug-likeness (QED) is 0.824. The second-order valence-corrected chi connectivity index (χ2v) is 5.78. The standard InChI is InChI=1S/C14H19N3O3S/c1-5-9(6-18)17-12-10-7(2)11(14(19)20-4)21-13(10)16-8(3)15-12/h9,18H,5-6H2,1-4H3,(H,15,16,17). The maximum absolute atomic E-state index is 11.8. The van der Waals surface area contributed by atoms with Crippen LogP contribution in [0.4, 0.5) is 5.82 Å². The summed E-state index contributed by atoms with van der Waals surface area (Å²) in [6.45, 7) is 5.67. The van der Waals surface area contributed by atoms with Crippen LogP contribution in [0.5, 0.6) is 0 Å². The van der Waals surface area contributed by atoms with Crippen molar-refractivity contribution in [3.8, 4) is 0 Å². The molecule has 0 saturated carbocycles. The van der Waals surface area contributed by atoms with E-state index in [1.807, 2.05) is 13.8 Å². The fourth-order valence-electron chi connectivity index (χ4n) is 2.11. The average molecular weight is 309 g/mol. The molecule has 6 nitrogen and oxygen atoms in total. The number of ether oxygens (including phenoxy) is 1. The van der Waals surface area contributed by atoms with Gasteiger partial charge in [-0.3, -0.25) is 0 Å². The molecule has 0 fully saturated rings. The molecule has 0 radical (unpaired) electrons. The Morgan fingerprint density at radius 1 is 1.43 bits per heavy atom. The van der Waals surface area contributed by atoms with Crippen molar-refractivity contribution < 1.29 is 14.6 Å². The van der Waals surface area contributed by atoms with Gasteiger partial charge in [-0.2, -0.15) is 0 Å². The lowest BCUT2D eigenvalue weighted by Gasteiger charge is -2.16. The summed E-state index contributed by atoms with van der Waals surface area (Å²) in [6.07, 6.45) is 0.772. The first-order valence-electron chi connectivity index (χ1n) is 6.75. The number of aryl methyl sites for hydroxylation is 2. The van der Waals surface area contributed by atoms with Crippen molar-refractivity contribution in [2.45, 2.75) is 33.2 Å². The largest absolute Gasteiger partial charge is 0.465 e. The third-order valence-electron chi connectivity index (χ3n) is 3.33. The molecule has 1 atom stereocenters. The van der Waals surface area contributed by atoms with E-state index in [1.165, 1.54) is 18.4 Å². The molecule has 2 aromatic heterocycles.